The average Bonchev–Trinajstić information content (AvgIpc) is 2.99. The minimum absolute atomic E-state index is 0.0620. The number of aromatic nitrogens is 1. The number of hydrogen-bond donors (Lipinski definition) is 3. The van der Waals surface area contributed by atoms with Crippen LogP contribution in [-0.4, -0.2) is 59.1 Å². The molecule has 2 unspecified atom stereocenters. The molecule has 9 heteroatoms. The second-order valence-electron chi connectivity index (χ2n) is 10.9. The van der Waals surface area contributed by atoms with E-state index in [-0.39, 0.29) is 18.1 Å². The zero-order chi connectivity index (χ0) is 30.9. The summed E-state index contributed by atoms with van der Waals surface area (Å²) >= 11 is 0. The zero-order valence-corrected chi connectivity index (χ0v) is 25.3. The van der Waals surface area contributed by atoms with Crippen LogP contribution in [0.3, 0.4) is 0 Å². The molecule has 228 valence electrons. The molecule has 0 saturated carbocycles. The highest BCUT2D eigenvalue weighted by Crippen LogP contribution is 2.29. The predicted octanol–water partition coefficient (Wildman–Crippen LogP) is 6.09. The molecule has 1 fully saturated rings. The van der Waals surface area contributed by atoms with E-state index in [4.69, 9.17) is 19.6 Å². The van der Waals surface area contributed by atoms with Gasteiger partial charge in [-0.15, -0.1) is 0 Å². The molecule has 3 heterocycles. The summed E-state index contributed by atoms with van der Waals surface area (Å²) in [6, 6.07) is 12.5. The molecule has 0 aliphatic carbocycles. The summed E-state index contributed by atoms with van der Waals surface area (Å²) in [5.41, 5.74) is 5.45. The second kappa shape index (κ2) is 14.8. The first-order valence-electron chi connectivity index (χ1n) is 14.7. The van der Waals surface area contributed by atoms with Crippen LogP contribution in [0.5, 0.6) is 0 Å². The summed E-state index contributed by atoms with van der Waals surface area (Å²) in [6.07, 6.45) is 5.93. The van der Waals surface area contributed by atoms with Gasteiger partial charge in [0.1, 0.15) is 23.8 Å². The van der Waals surface area contributed by atoms with Gasteiger partial charge in [-0.3, -0.25) is 4.90 Å². The Kier molecular flexibility index (Phi) is 10.9. The number of anilines is 1. The van der Waals surface area contributed by atoms with Crippen molar-refractivity contribution in [2.45, 2.75) is 65.3 Å². The van der Waals surface area contributed by atoms with Gasteiger partial charge >= 0.3 is 5.97 Å². The highest BCUT2D eigenvalue weighted by molar-refractivity contribution is 6.08. The summed E-state index contributed by atoms with van der Waals surface area (Å²) in [6.45, 7) is 17.3. The fourth-order valence-corrected chi connectivity index (χ4v) is 5.56. The van der Waals surface area contributed by atoms with E-state index in [1.807, 2.05) is 13.0 Å². The highest BCUT2D eigenvalue weighted by Gasteiger charge is 2.28. The summed E-state index contributed by atoms with van der Waals surface area (Å²) in [4.78, 5) is 18.8. The smallest absolute Gasteiger partial charge is 0.342 e. The molecule has 0 spiro atoms. The van der Waals surface area contributed by atoms with Gasteiger partial charge < -0.3 is 30.0 Å². The molecule has 3 N–H and O–H groups in total. The summed E-state index contributed by atoms with van der Waals surface area (Å²) < 4.78 is 17.6. The number of carboxylic acids is 1. The Morgan fingerprint density at radius 3 is 2.77 bits per heavy atom. The second-order valence-corrected chi connectivity index (χ2v) is 10.9. The van der Waals surface area contributed by atoms with Gasteiger partial charge in [-0.2, -0.15) is 0 Å². The minimum atomic E-state index is -1.28. The van der Waals surface area contributed by atoms with E-state index in [1.54, 1.807) is 25.1 Å². The van der Waals surface area contributed by atoms with Crippen LogP contribution in [0.4, 0.5) is 5.82 Å². The lowest BCUT2D eigenvalue weighted by atomic mass is 9.94. The van der Waals surface area contributed by atoms with Gasteiger partial charge in [-0.05, 0) is 74.4 Å². The Balaban J connectivity index is 1.51. The molecule has 9 nitrogen and oxygen atoms in total. The quantitative estimate of drug-likeness (QED) is 0.112. The van der Waals surface area contributed by atoms with Crippen LogP contribution >= 0.6 is 0 Å². The van der Waals surface area contributed by atoms with E-state index in [2.05, 4.69) is 53.5 Å². The molecule has 2 aliphatic rings. The van der Waals surface area contributed by atoms with E-state index in [9.17, 15) is 9.90 Å². The Labute approximate surface area is 254 Å². The number of fused-ring (bicyclic) bond motifs is 1. The number of carbonyl (C=O) groups is 1. The number of ether oxygens (including phenoxy) is 3. The number of rotatable bonds is 13. The number of pyridine rings is 1. The van der Waals surface area contributed by atoms with Crippen LogP contribution in [0, 0.1) is 5.41 Å². The first-order chi connectivity index (χ1) is 20.7. The molecule has 43 heavy (non-hydrogen) atoms. The minimum Gasteiger partial charge on any atom is -0.488 e. The van der Waals surface area contributed by atoms with Crippen molar-refractivity contribution in [1.29, 1.82) is 5.41 Å². The molecule has 4 rings (SSSR count). The number of carboxylic acid groups (broad SMARTS) is 1. The molecule has 0 bridgehead atoms. The lowest BCUT2D eigenvalue weighted by Crippen LogP contribution is -2.44. The van der Waals surface area contributed by atoms with Crippen LogP contribution in [0.1, 0.15) is 56.0 Å². The SMILES string of the molecule is C=C/C(=C(/OCc1ccc2c(c1)CCN(C1CCOC(C)C1)C2)C(=C)C)c1cccc(N/C(OCC)=C(\C=N)C(=O)O)n1. The number of nitrogens with zero attached hydrogens (tertiary/aromatic N) is 2. The van der Waals surface area contributed by atoms with Gasteiger partial charge in [0.2, 0.25) is 5.88 Å². The third-order valence-electron chi connectivity index (χ3n) is 7.68. The van der Waals surface area contributed by atoms with Crippen LogP contribution in [0.15, 0.2) is 78.4 Å². The molecule has 0 radical (unpaired) electrons. The van der Waals surface area contributed by atoms with Crippen LogP contribution < -0.4 is 5.32 Å². The van der Waals surface area contributed by atoms with E-state index in [0.717, 1.165) is 56.3 Å². The standard InChI is InChI=1S/C34H42N4O5/c1-6-28(30-9-8-10-31(36-30)37-33(41-7-2)29(19-35)34(39)40)32(22(3)4)43-21-24-11-12-26-20-38(15-13-25(26)18-24)27-14-16-42-23(5)17-27/h6,8-12,18-19,23,27,35H,1,3,7,13-17,20-21H2,2,4-5H3,(H,36,37)(H,39,40)/b32-28-,33-29-,35-19?. The number of nitrogens with one attached hydrogen (secondary N) is 2. The first kappa shape index (κ1) is 31.7. The zero-order valence-electron chi connectivity index (χ0n) is 25.3. The fourth-order valence-electron chi connectivity index (χ4n) is 5.56. The van der Waals surface area contributed by atoms with Crippen LogP contribution in [-0.2, 0) is 38.6 Å². The molecule has 1 saturated heterocycles. The fraction of sp³-hybridized carbons (Fsp3) is 0.382. The van der Waals surface area contributed by atoms with Crippen molar-refractivity contribution in [3.8, 4) is 0 Å². The third kappa shape index (κ3) is 8.00. The first-order valence-corrected chi connectivity index (χ1v) is 14.7. The van der Waals surface area contributed by atoms with E-state index in [0.29, 0.717) is 41.6 Å². The van der Waals surface area contributed by atoms with Crippen LogP contribution in [0.25, 0.3) is 5.57 Å². The maximum absolute atomic E-state index is 11.6. The molecular weight excluding hydrogens is 544 g/mol. The molecule has 1 aromatic carbocycles. The van der Waals surface area contributed by atoms with E-state index >= 15 is 0 Å². The Bertz CT molecular complexity index is 1430. The summed E-state index contributed by atoms with van der Waals surface area (Å²) in [7, 11) is 0. The van der Waals surface area contributed by atoms with Crippen molar-refractivity contribution in [3.05, 3.63) is 101 Å². The Morgan fingerprint density at radius 2 is 2.09 bits per heavy atom. The maximum atomic E-state index is 11.6. The van der Waals surface area contributed by atoms with Gasteiger partial charge in [0.15, 0.2) is 0 Å². The lowest BCUT2D eigenvalue weighted by molar-refractivity contribution is -0.132. The van der Waals surface area contributed by atoms with Crippen molar-refractivity contribution < 1.29 is 24.1 Å². The van der Waals surface area contributed by atoms with Gasteiger partial charge in [-0.1, -0.05) is 43.5 Å². The van der Waals surface area contributed by atoms with Crippen molar-refractivity contribution in [2.75, 3.05) is 25.1 Å². The summed E-state index contributed by atoms with van der Waals surface area (Å²) in [5.74, 6) is -0.419. The van der Waals surface area contributed by atoms with Crippen molar-refractivity contribution in [1.82, 2.24) is 9.88 Å². The topological polar surface area (TPSA) is 117 Å². The highest BCUT2D eigenvalue weighted by atomic mass is 16.5. The largest absolute Gasteiger partial charge is 0.488 e. The third-order valence-corrected chi connectivity index (χ3v) is 7.68. The van der Waals surface area contributed by atoms with Crippen LogP contribution in [0.2, 0.25) is 0 Å². The van der Waals surface area contributed by atoms with Crippen molar-refractivity contribution >= 4 is 23.6 Å². The summed E-state index contributed by atoms with van der Waals surface area (Å²) in [5, 5.41) is 19.8. The van der Waals surface area contributed by atoms with Gasteiger partial charge in [0.05, 0.1) is 18.4 Å². The maximum Gasteiger partial charge on any atom is 0.342 e. The average molecular weight is 587 g/mol. The van der Waals surface area contributed by atoms with Gasteiger partial charge in [0, 0.05) is 37.5 Å². The van der Waals surface area contributed by atoms with Gasteiger partial charge in [-0.25, -0.2) is 9.78 Å². The number of hydrogen-bond acceptors (Lipinski definition) is 8. The number of aliphatic carboxylic acids is 1. The molecule has 2 aliphatic heterocycles. The molecular formula is C34H42N4O5. The monoisotopic (exact) mass is 586 g/mol. The van der Waals surface area contributed by atoms with Gasteiger partial charge in [0.25, 0.3) is 0 Å². The van der Waals surface area contributed by atoms with E-state index in [1.165, 1.54) is 11.1 Å². The Hall–Kier alpha value is -4.21. The lowest BCUT2D eigenvalue weighted by Gasteiger charge is -2.39. The predicted molar refractivity (Wildman–Crippen MR) is 169 cm³/mol. The molecule has 0 amide bonds. The number of benzene rings is 1. The molecule has 2 aromatic rings. The van der Waals surface area contributed by atoms with Crippen molar-refractivity contribution in [3.63, 3.8) is 0 Å². The number of allylic oxidation sites excluding steroid dienone is 3. The van der Waals surface area contributed by atoms with Crippen molar-refractivity contribution in [2.24, 2.45) is 0 Å². The normalized spacial score (nSPS) is 19.7. The molecule has 2 atom stereocenters. The Morgan fingerprint density at radius 1 is 1.28 bits per heavy atom. The molecule has 1 aromatic heterocycles. The van der Waals surface area contributed by atoms with E-state index < -0.39 is 5.97 Å².